The molecular weight excluding hydrogens is 600 g/mol. The summed E-state index contributed by atoms with van der Waals surface area (Å²) in [4.78, 5) is 26.4. The van der Waals surface area contributed by atoms with Crippen LogP contribution in [-0.2, 0) is 11.0 Å². The molecule has 5 nitrogen and oxygen atoms in total. The van der Waals surface area contributed by atoms with Crippen LogP contribution in [-0.4, -0.2) is 28.5 Å². The molecule has 1 aromatic heterocycles. The number of carboxylic acids is 1. The van der Waals surface area contributed by atoms with Gasteiger partial charge in [-0.25, -0.2) is 0 Å². The normalized spacial score (nSPS) is 13.2. The van der Waals surface area contributed by atoms with Gasteiger partial charge in [-0.2, -0.15) is 13.2 Å². The Morgan fingerprint density at radius 2 is 1.68 bits per heavy atom. The lowest BCUT2D eigenvalue weighted by Gasteiger charge is -2.30. The molecule has 0 radical (unpaired) electrons. The van der Waals surface area contributed by atoms with Crippen LogP contribution in [0.15, 0.2) is 60.8 Å². The smallest absolute Gasteiger partial charge is 0.416 e. The van der Waals surface area contributed by atoms with Crippen molar-refractivity contribution in [3.63, 3.8) is 0 Å². The number of carbonyl (C=O) groups excluding carboxylic acids is 1. The van der Waals surface area contributed by atoms with Gasteiger partial charge in [0.1, 0.15) is 0 Å². The van der Waals surface area contributed by atoms with Gasteiger partial charge in [-0.1, -0.05) is 66.3 Å². The molecule has 1 amide bonds. The van der Waals surface area contributed by atoms with Crippen LogP contribution in [0.3, 0.4) is 0 Å². The van der Waals surface area contributed by atoms with E-state index in [-0.39, 0.29) is 23.6 Å². The third-order valence-corrected chi connectivity index (χ3v) is 7.71. The first kappa shape index (κ1) is 30.8. The first-order chi connectivity index (χ1) is 19.4. The van der Waals surface area contributed by atoms with Crippen LogP contribution in [0.1, 0.15) is 70.6 Å². The average molecular weight is 626 g/mol. The fraction of sp³-hybridized carbons (Fsp3) is 0.267. The number of hydrogen-bond acceptors (Lipinski definition) is 2. The van der Waals surface area contributed by atoms with Crippen molar-refractivity contribution < 1.29 is 27.9 Å². The van der Waals surface area contributed by atoms with E-state index in [2.05, 4.69) is 10.3 Å². The minimum absolute atomic E-state index is 0.0288. The molecule has 3 aromatic carbocycles. The second-order valence-corrected chi connectivity index (χ2v) is 11.0. The van der Waals surface area contributed by atoms with Crippen molar-refractivity contribution in [1.82, 2.24) is 10.3 Å². The third kappa shape index (κ3) is 7.00. The summed E-state index contributed by atoms with van der Waals surface area (Å²) in [6, 6.07) is 13.6. The Bertz CT molecular complexity index is 1570. The van der Waals surface area contributed by atoms with Crippen LogP contribution in [0.2, 0.25) is 15.1 Å². The zero-order valence-electron chi connectivity index (χ0n) is 21.8. The van der Waals surface area contributed by atoms with E-state index in [1.807, 2.05) is 6.92 Å². The lowest BCUT2D eigenvalue weighted by atomic mass is 9.73. The molecule has 0 aliphatic heterocycles. The Morgan fingerprint density at radius 1 is 0.976 bits per heavy atom. The summed E-state index contributed by atoms with van der Waals surface area (Å²) >= 11 is 18.8. The number of fused-ring (bicyclic) bond motifs is 1. The quantitative estimate of drug-likeness (QED) is 0.164. The van der Waals surface area contributed by atoms with Crippen LogP contribution in [0.5, 0.6) is 0 Å². The number of benzene rings is 3. The van der Waals surface area contributed by atoms with Gasteiger partial charge < -0.3 is 15.4 Å². The standard InChI is InChI=1S/C30H26Cl3F3N2O3/c1-2-3-20(16-4-6-17(7-5-16)29(41)37-11-10-26(39)40)27(21-9-8-18(31)13-24(21)30(34,35)36)23-15-38-28-22(23)12-19(32)14-25(28)33/h4-9,12-15,20,27,38H,2-3,10-11H2,1H3,(H,37,41)(H,39,40). The molecule has 0 aliphatic rings. The number of rotatable bonds is 10. The summed E-state index contributed by atoms with van der Waals surface area (Å²) in [7, 11) is 0. The second kappa shape index (κ2) is 12.8. The number of alkyl halides is 3. The molecule has 216 valence electrons. The van der Waals surface area contributed by atoms with Crippen LogP contribution in [0.25, 0.3) is 10.9 Å². The number of aromatic amines is 1. The van der Waals surface area contributed by atoms with E-state index in [0.717, 1.165) is 11.6 Å². The number of H-pyrrole nitrogens is 1. The molecular formula is C30H26Cl3F3N2O3. The van der Waals surface area contributed by atoms with Gasteiger partial charge in [-0.3, -0.25) is 9.59 Å². The fourth-order valence-electron chi connectivity index (χ4n) is 5.18. The largest absolute Gasteiger partial charge is 0.481 e. The van der Waals surface area contributed by atoms with Crippen molar-refractivity contribution in [2.45, 2.75) is 44.2 Å². The lowest BCUT2D eigenvalue weighted by molar-refractivity contribution is -0.138. The molecule has 11 heteroatoms. The van der Waals surface area contributed by atoms with E-state index in [0.29, 0.717) is 44.9 Å². The zero-order valence-corrected chi connectivity index (χ0v) is 24.1. The van der Waals surface area contributed by atoms with Gasteiger partial charge in [0.25, 0.3) is 5.91 Å². The molecule has 0 bridgehead atoms. The number of halogens is 6. The van der Waals surface area contributed by atoms with E-state index in [9.17, 15) is 22.8 Å². The number of amides is 1. The maximum Gasteiger partial charge on any atom is 0.416 e. The Hall–Kier alpha value is -3.20. The first-order valence-corrected chi connectivity index (χ1v) is 14.0. The Morgan fingerprint density at radius 3 is 2.32 bits per heavy atom. The molecule has 4 rings (SSSR count). The number of aliphatic carboxylic acids is 1. The van der Waals surface area contributed by atoms with Crippen molar-refractivity contribution in [3.05, 3.63) is 104 Å². The fourth-order valence-corrected chi connectivity index (χ4v) is 5.90. The van der Waals surface area contributed by atoms with Crippen molar-refractivity contribution >= 4 is 57.6 Å². The number of carbonyl (C=O) groups is 2. The van der Waals surface area contributed by atoms with Crippen molar-refractivity contribution in [1.29, 1.82) is 0 Å². The molecule has 41 heavy (non-hydrogen) atoms. The number of nitrogens with one attached hydrogen (secondary N) is 2. The highest BCUT2D eigenvalue weighted by molar-refractivity contribution is 6.38. The molecule has 1 heterocycles. The molecule has 3 N–H and O–H groups in total. The van der Waals surface area contributed by atoms with E-state index in [1.165, 1.54) is 12.1 Å². The average Bonchev–Trinajstić information content (AvgIpc) is 3.32. The highest BCUT2D eigenvalue weighted by atomic mass is 35.5. The topological polar surface area (TPSA) is 82.2 Å². The molecule has 0 saturated heterocycles. The van der Waals surface area contributed by atoms with Gasteiger partial charge in [0.15, 0.2) is 0 Å². The van der Waals surface area contributed by atoms with E-state index < -0.39 is 35.5 Å². The third-order valence-electron chi connectivity index (χ3n) is 6.96. The minimum Gasteiger partial charge on any atom is -0.481 e. The molecule has 2 unspecified atom stereocenters. The number of hydrogen-bond donors (Lipinski definition) is 3. The van der Waals surface area contributed by atoms with E-state index in [1.54, 1.807) is 42.6 Å². The predicted molar refractivity (Wildman–Crippen MR) is 155 cm³/mol. The molecule has 0 saturated carbocycles. The van der Waals surface area contributed by atoms with Gasteiger partial charge in [0, 0.05) is 39.7 Å². The minimum atomic E-state index is -4.67. The van der Waals surface area contributed by atoms with Crippen LogP contribution in [0, 0.1) is 0 Å². The first-order valence-electron chi connectivity index (χ1n) is 12.8. The Kier molecular flexibility index (Phi) is 9.57. The lowest BCUT2D eigenvalue weighted by Crippen LogP contribution is -2.26. The summed E-state index contributed by atoms with van der Waals surface area (Å²) in [5.74, 6) is -2.71. The summed E-state index contributed by atoms with van der Waals surface area (Å²) in [6.07, 6.45) is -2.04. The van der Waals surface area contributed by atoms with E-state index in [4.69, 9.17) is 39.9 Å². The molecule has 0 aliphatic carbocycles. The number of aromatic nitrogens is 1. The van der Waals surface area contributed by atoms with Gasteiger partial charge in [-0.05, 0) is 65.4 Å². The van der Waals surface area contributed by atoms with Crippen molar-refractivity contribution in [3.8, 4) is 0 Å². The maximum atomic E-state index is 14.4. The van der Waals surface area contributed by atoms with E-state index >= 15 is 0 Å². The summed E-state index contributed by atoms with van der Waals surface area (Å²) < 4.78 is 43.3. The van der Waals surface area contributed by atoms with Crippen LogP contribution < -0.4 is 5.32 Å². The van der Waals surface area contributed by atoms with Crippen molar-refractivity contribution in [2.75, 3.05) is 6.54 Å². The van der Waals surface area contributed by atoms with Crippen LogP contribution >= 0.6 is 34.8 Å². The summed E-state index contributed by atoms with van der Waals surface area (Å²) in [6.45, 7) is 1.92. The maximum absolute atomic E-state index is 14.4. The molecule has 0 fully saturated rings. The number of carboxylic acid groups (broad SMARTS) is 1. The molecule has 2 atom stereocenters. The summed E-state index contributed by atoms with van der Waals surface area (Å²) in [5.41, 5.74) is 1.39. The zero-order chi connectivity index (χ0) is 29.9. The monoisotopic (exact) mass is 624 g/mol. The highest BCUT2D eigenvalue weighted by Crippen LogP contribution is 2.49. The van der Waals surface area contributed by atoms with Crippen LogP contribution in [0.4, 0.5) is 13.2 Å². The second-order valence-electron chi connectivity index (χ2n) is 9.68. The van der Waals surface area contributed by atoms with Gasteiger partial charge >= 0.3 is 12.1 Å². The van der Waals surface area contributed by atoms with Gasteiger partial charge in [-0.15, -0.1) is 0 Å². The summed E-state index contributed by atoms with van der Waals surface area (Å²) in [5, 5.41) is 12.6. The SMILES string of the molecule is CCCC(c1ccc(C(=O)NCCC(=O)O)cc1)C(c1ccc(Cl)cc1C(F)(F)F)c1c[nH]c2c(Cl)cc(Cl)cc12. The van der Waals surface area contributed by atoms with Gasteiger partial charge in [0.05, 0.1) is 22.5 Å². The molecule has 0 spiro atoms. The highest BCUT2D eigenvalue weighted by Gasteiger charge is 2.39. The predicted octanol–water partition coefficient (Wildman–Crippen LogP) is 9.07. The Balaban J connectivity index is 1.87. The Labute approximate surface area is 249 Å². The van der Waals surface area contributed by atoms with Crippen molar-refractivity contribution in [2.24, 2.45) is 0 Å². The van der Waals surface area contributed by atoms with Gasteiger partial charge in [0.2, 0.25) is 0 Å². The molecule has 4 aromatic rings.